The van der Waals surface area contributed by atoms with E-state index in [0.717, 1.165) is 22.6 Å². The summed E-state index contributed by atoms with van der Waals surface area (Å²) in [6.45, 7) is 2.92. The van der Waals surface area contributed by atoms with Gasteiger partial charge in [0.25, 0.3) is 0 Å². The lowest BCUT2D eigenvalue weighted by Gasteiger charge is -2.22. The van der Waals surface area contributed by atoms with Crippen molar-refractivity contribution in [2.24, 2.45) is 0 Å². The van der Waals surface area contributed by atoms with Gasteiger partial charge >= 0.3 is 0 Å². The highest BCUT2D eigenvalue weighted by atomic mass is 19.1. The Labute approximate surface area is 123 Å². The minimum absolute atomic E-state index is 0.0138. The van der Waals surface area contributed by atoms with Crippen molar-refractivity contribution in [3.05, 3.63) is 58.9 Å². The first-order valence-electron chi connectivity index (χ1n) is 7.02. The van der Waals surface area contributed by atoms with Gasteiger partial charge in [-0.15, -0.1) is 0 Å². The first-order chi connectivity index (χ1) is 10.2. The number of ether oxygens (including phenoxy) is 2. The lowest BCUT2D eigenvalue weighted by Crippen LogP contribution is -2.19. The molecule has 0 aromatic heterocycles. The first-order valence-corrected chi connectivity index (χ1v) is 7.02. The van der Waals surface area contributed by atoms with E-state index in [9.17, 15) is 4.39 Å². The molecular weight excluding hydrogens is 269 g/mol. The van der Waals surface area contributed by atoms with Gasteiger partial charge in [-0.1, -0.05) is 18.2 Å². The highest BCUT2D eigenvalue weighted by Gasteiger charge is 2.17. The van der Waals surface area contributed by atoms with Gasteiger partial charge in [-0.3, -0.25) is 0 Å². The quantitative estimate of drug-likeness (QED) is 0.940. The largest absolute Gasteiger partial charge is 0.486 e. The van der Waals surface area contributed by atoms with Gasteiger partial charge in [-0.05, 0) is 48.9 Å². The number of hydrogen-bond donors (Lipinski definition) is 1. The molecule has 1 unspecified atom stereocenters. The number of nitrogens with one attached hydrogen (secondary N) is 1. The van der Waals surface area contributed by atoms with Gasteiger partial charge in [0.15, 0.2) is 11.5 Å². The molecule has 0 spiro atoms. The Bertz CT molecular complexity index is 657. The van der Waals surface area contributed by atoms with E-state index in [1.807, 2.05) is 31.3 Å². The normalized spacial score (nSPS) is 14.8. The van der Waals surface area contributed by atoms with Crippen molar-refractivity contribution >= 4 is 0 Å². The summed E-state index contributed by atoms with van der Waals surface area (Å²) in [5.74, 6) is 1.35. The molecule has 3 nitrogen and oxygen atoms in total. The lowest BCUT2D eigenvalue weighted by molar-refractivity contribution is 0.171. The molecule has 1 aliphatic rings. The maximum absolute atomic E-state index is 13.4. The Morgan fingerprint density at radius 2 is 1.67 bits per heavy atom. The van der Waals surface area contributed by atoms with Crippen molar-refractivity contribution in [2.75, 3.05) is 20.3 Å². The topological polar surface area (TPSA) is 30.5 Å². The van der Waals surface area contributed by atoms with E-state index in [4.69, 9.17) is 9.47 Å². The second-order valence-corrected chi connectivity index (χ2v) is 5.13. The Hall–Kier alpha value is -2.07. The van der Waals surface area contributed by atoms with Crippen molar-refractivity contribution in [1.29, 1.82) is 0 Å². The van der Waals surface area contributed by atoms with E-state index in [1.54, 1.807) is 13.0 Å². The first kappa shape index (κ1) is 13.9. The van der Waals surface area contributed by atoms with E-state index in [2.05, 4.69) is 5.32 Å². The Balaban J connectivity index is 1.97. The molecule has 0 radical (unpaired) electrons. The molecule has 0 saturated carbocycles. The summed E-state index contributed by atoms with van der Waals surface area (Å²) < 4.78 is 24.6. The molecule has 0 bridgehead atoms. The molecule has 1 N–H and O–H groups in total. The SMILES string of the molecule is CNC(c1ccc(F)c(C)c1)c1ccc2c(c1)OCCO2. The Kier molecular flexibility index (Phi) is 3.80. The molecule has 1 aliphatic heterocycles. The van der Waals surface area contributed by atoms with Crippen LogP contribution in [-0.4, -0.2) is 20.3 Å². The van der Waals surface area contributed by atoms with E-state index >= 15 is 0 Å². The maximum atomic E-state index is 13.4. The van der Waals surface area contributed by atoms with Gasteiger partial charge < -0.3 is 14.8 Å². The van der Waals surface area contributed by atoms with Crippen LogP contribution in [0.5, 0.6) is 11.5 Å². The van der Waals surface area contributed by atoms with Gasteiger partial charge in [0.2, 0.25) is 0 Å². The molecule has 21 heavy (non-hydrogen) atoms. The van der Waals surface area contributed by atoms with Crippen LogP contribution < -0.4 is 14.8 Å². The average molecular weight is 287 g/mol. The molecule has 3 rings (SSSR count). The summed E-state index contributed by atoms with van der Waals surface area (Å²) in [6.07, 6.45) is 0. The Morgan fingerprint density at radius 3 is 2.38 bits per heavy atom. The molecule has 0 fully saturated rings. The average Bonchev–Trinajstić information content (AvgIpc) is 2.51. The van der Waals surface area contributed by atoms with E-state index in [1.165, 1.54) is 6.07 Å². The van der Waals surface area contributed by atoms with Crippen molar-refractivity contribution < 1.29 is 13.9 Å². The number of rotatable bonds is 3. The van der Waals surface area contributed by atoms with E-state index < -0.39 is 0 Å². The van der Waals surface area contributed by atoms with Crippen LogP contribution in [0.15, 0.2) is 36.4 Å². The smallest absolute Gasteiger partial charge is 0.161 e. The number of aryl methyl sites for hydroxylation is 1. The third kappa shape index (κ3) is 2.72. The molecule has 4 heteroatoms. The Morgan fingerprint density at radius 1 is 1.00 bits per heavy atom. The molecule has 0 aliphatic carbocycles. The van der Waals surface area contributed by atoms with Crippen molar-refractivity contribution in [3.8, 4) is 11.5 Å². The lowest BCUT2D eigenvalue weighted by atomic mass is 9.97. The minimum Gasteiger partial charge on any atom is -0.486 e. The third-order valence-corrected chi connectivity index (χ3v) is 3.70. The third-order valence-electron chi connectivity index (χ3n) is 3.70. The number of hydrogen-bond acceptors (Lipinski definition) is 3. The van der Waals surface area contributed by atoms with Crippen LogP contribution in [0.1, 0.15) is 22.7 Å². The monoisotopic (exact) mass is 287 g/mol. The molecule has 1 atom stereocenters. The predicted octanol–water partition coefficient (Wildman–Crippen LogP) is 3.21. The number of halogens is 1. The molecule has 2 aromatic carbocycles. The number of fused-ring (bicyclic) bond motifs is 1. The molecular formula is C17H18FNO2. The zero-order valence-electron chi connectivity index (χ0n) is 12.2. The predicted molar refractivity (Wildman–Crippen MR) is 79.5 cm³/mol. The fourth-order valence-corrected chi connectivity index (χ4v) is 2.61. The summed E-state index contributed by atoms with van der Waals surface area (Å²) in [4.78, 5) is 0. The molecule has 110 valence electrons. The van der Waals surface area contributed by atoms with Gasteiger partial charge in [-0.2, -0.15) is 0 Å². The second-order valence-electron chi connectivity index (χ2n) is 5.13. The van der Waals surface area contributed by atoms with E-state index in [-0.39, 0.29) is 11.9 Å². The van der Waals surface area contributed by atoms with Gasteiger partial charge in [0.05, 0.1) is 6.04 Å². The van der Waals surface area contributed by atoms with Crippen LogP contribution in [0.3, 0.4) is 0 Å². The number of benzene rings is 2. The van der Waals surface area contributed by atoms with Crippen LogP contribution in [0.4, 0.5) is 4.39 Å². The van der Waals surface area contributed by atoms with Crippen molar-refractivity contribution in [1.82, 2.24) is 5.32 Å². The fourth-order valence-electron chi connectivity index (χ4n) is 2.61. The molecule has 0 amide bonds. The molecule has 2 aromatic rings. The summed E-state index contributed by atoms with van der Waals surface area (Å²) in [5.41, 5.74) is 2.73. The summed E-state index contributed by atoms with van der Waals surface area (Å²) in [6, 6.07) is 11.1. The van der Waals surface area contributed by atoms with E-state index in [0.29, 0.717) is 18.8 Å². The zero-order valence-corrected chi connectivity index (χ0v) is 12.2. The van der Waals surface area contributed by atoms with Crippen LogP contribution in [0, 0.1) is 12.7 Å². The van der Waals surface area contributed by atoms with Crippen LogP contribution in [0.2, 0.25) is 0 Å². The van der Waals surface area contributed by atoms with Gasteiger partial charge in [0.1, 0.15) is 19.0 Å². The van der Waals surface area contributed by atoms with Crippen molar-refractivity contribution in [2.45, 2.75) is 13.0 Å². The highest BCUT2D eigenvalue weighted by molar-refractivity contribution is 5.46. The maximum Gasteiger partial charge on any atom is 0.161 e. The van der Waals surface area contributed by atoms with Crippen LogP contribution in [-0.2, 0) is 0 Å². The summed E-state index contributed by atoms with van der Waals surface area (Å²) in [7, 11) is 1.89. The standard InChI is InChI=1S/C17H18FNO2/c1-11-9-12(3-5-14(11)18)17(19-2)13-4-6-15-16(10-13)21-8-7-20-15/h3-6,9-10,17,19H,7-8H2,1-2H3. The fraction of sp³-hybridized carbons (Fsp3) is 0.294. The van der Waals surface area contributed by atoms with Gasteiger partial charge in [-0.25, -0.2) is 4.39 Å². The second kappa shape index (κ2) is 5.74. The summed E-state index contributed by atoms with van der Waals surface area (Å²) in [5, 5.41) is 3.27. The summed E-state index contributed by atoms with van der Waals surface area (Å²) >= 11 is 0. The van der Waals surface area contributed by atoms with Crippen molar-refractivity contribution in [3.63, 3.8) is 0 Å². The highest BCUT2D eigenvalue weighted by Crippen LogP contribution is 2.34. The molecule has 1 heterocycles. The zero-order chi connectivity index (χ0) is 14.8. The molecule has 0 saturated heterocycles. The minimum atomic E-state index is -0.184. The van der Waals surface area contributed by atoms with Crippen LogP contribution in [0.25, 0.3) is 0 Å². The van der Waals surface area contributed by atoms with Gasteiger partial charge in [0, 0.05) is 0 Å². The van der Waals surface area contributed by atoms with Crippen LogP contribution >= 0.6 is 0 Å².